The quantitative estimate of drug-likeness (QED) is 0.262. The van der Waals surface area contributed by atoms with Gasteiger partial charge in [0.05, 0.1) is 0 Å². The molecule has 0 saturated carbocycles. The summed E-state index contributed by atoms with van der Waals surface area (Å²) in [6.45, 7) is 6.83. The second-order valence-electron chi connectivity index (χ2n) is 5.50. The van der Waals surface area contributed by atoms with Crippen LogP contribution in [0.15, 0.2) is 0 Å². The van der Waals surface area contributed by atoms with E-state index in [1.165, 1.54) is 77.0 Å². The molecule has 1 heteroatoms. The molecule has 1 radical (unpaired) electrons. The average Bonchev–Trinajstić information content (AvgIpc) is 2.36. The molecule has 0 N–H and O–H groups in total. The fourth-order valence-electron chi connectivity index (χ4n) is 2.50. The van der Waals surface area contributed by atoms with Crippen molar-refractivity contribution in [1.29, 1.82) is 0 Å². The van der Waals surface area contributed by atoms with E-state index in [1.54, 1.807) is 0 Å². The first-order chi connectivity index (χ1) is 8.35. The van der Waals surface area contributed by atoms with Crippen molar-refractivity contribution in [3.8, 4) is 0 Å². The summed E-state index contributed by atoms with van der Waals surface area (Å²) in [5.74, 6) is 0.901. The molecule has 0 aliphatic rings. The molecule has 0 aromatic carbocycles. The standard InChI is InChI=1S/C16H34B/c1-4-6-8-10-11-13-15-16(17-3)14-12-9-7-5-2/h16H,4-15H2,1-3H3. The van der Waals surface area contributed by atoms with E-state index >= 15 is 0 Å². The zero-order valence-electron chi connectivity index (χ0n) is 12.6. The van der Waals surface area contributed by atoms with Crippen LogP contribution in [-0.4, -0.2) is 7.28 Å². The predicted octanol–water partition coefficient (Wildman–Crippen LogP) is 6.25. The fraction of sp³-hybridized carbons (Fsp3) is 1.00. The molecule has 0 amide bonds. The zero-order valence-corrected chi connectivity index (χ0v) is 12.6. The fourth-order valence-corrected chi connectivity index (χ4v) is 2.50. The average molecular weight is 237 g/mol. The number of unbranched alkanes of at least 4 members (excludes halogenated alkanes) is 8. The Morgan fingerprint density at radius 2 is 1.06 bits per heavy atom. The highest BCUT2D eigenvalue weighted by molar-refractivity contribution is 6.35. The van der Waals surface area contributed by atoms with Crippen molar-refractivity contribution in [1.82, 2.24) is 0 Å². The molecule has 1 atom stereocenters. The minimum Gasteiger partial charge on any atom is -0.0917 e. The van der Waals surface area contributed by atoms with Gasteiger partial charge in [0.2, 0.25) is 0 Å². The molecule has 0 aromatic heterocycles. The van der Waals surface area contributed by atoms with Gasteiger partial charge in [0, 0.05) is 0 Å². The van der Waals surface area contributed by atoms with Gasteiger partial charge in [-0.15, -0.1) is 0 Å². The summed E-state index contributed by atoms with van der Waals surface area (Å²) >= 11 is 0. The summed E-state index contributed by atoms with van der Waals surface area (Å²) < 4.78 is 0. The lowest BCUT2D eigenvalue weighted by Crippen LogP contribution is -2.00. The normalized spacial score (nSPS) is 12.6. The Morgan fingerprint density at radius 3 is 1.53 bits per heavy atom. The molecule has 0 aliphatic carbocycles. The van der Waals surface area contributed by atoms with Gasteiger partial charge in [-0.2, -0.15) is 0 Å². The molecule has 101 valence electrons. The van der Waals surface area contributed by atoms with Crippen LogP contribution in [0.5, 0.6) is 0 Å². The van der Waals surface area contributed by atoms with Crippen LogP contribution in [0, 0.1) is 0 Å². The third-order valence-corrected chi connectivity index (χ3v) is 3.83. The van der Waals surface area contributed by atoms with E-state index in [0.29, 0.717) is 0 Å². The SMILES string of the molecule is C[B]C(CCCCCC)CCCCCCCC. The Hall–Kier alpha value is 0.0649. The summed E-state index contributed by atoms with van der Waals surface area (Å²) in [7, 11) is 2.44. The molecular formula is C16H34B. The Kier molecular flexibility index (Phi) is 14.2. The molecule has 0 saturated heterocycles. The lowest BCUT2D eigenvalue weighted by Gasteiger charge is -2.13. The number of hydrogen-bond acceptors (Lipinski definition) is 0. The molecule has 0 aromatic rings. The van der Waals surface area contributed by atoms with Crippen LogP contribution in [0.4, 0.5) is 0 Å². The minimum absolute atomic E-state index is 0.901. The van der Waals surface area contributed by atoms with Gasteiger partial charge < -0.3 is 0 Å². The Balaban J connectivity index is 3.28. The molecule has 0 fully saturated rings. The lowest BCUT2D eigenvalue weighted by molar-refractivity contribution is 0.540. The first kappa shape index (κ1) is 17.1. The smallest absolute Gasteiger partial charge is 0.0917 e. The van der Waals surface area contributed by atoms with Crippen LogP contribution < -0.4 is 0 Å². The van der Waals surface area contributed by atoms with Gasteiger partial charge in [0.1, 0.15) is 7.28 Å². The molecule has 0 spiro atoms. The summed E-state index contributed by atoms with van der Waals surface area (Å²) in [5, 5.41) is 0. The highest BCUT2D eigenvalue weighted by Gasteiger charge is 2.06. The van der Waals surface area contributed by atoms with Gasteiger partial charge in [-0.05, 0) is 0 Å². The highest BCUT2D eigenvalue weighted by Crippen LogP contribution is 2.22. The molecule has 0 rings (SSSR count). The van der Waals surface area contributed by atoms with E-state index in [0.717, 1.165) is 5.82 Å². The van der Waals surface area contributed by atoms with Crippen molar-refractivity contribution in [2.24, 2.45) is 0 Å². The van der Waals surface area contributed by atoms with Crippen LogP contribution in [-0.2, 0) is 0 Å². The van der Waals surface area contributed by atoms with E-state index in [-0.39, 0.29) is 0 Å². The van der Waals surface area contributed by atoms with Crippen molar-refractivity contribution < 1.29 is 0 Å². The third kappa shape index (κ3) is 12.3. The Labute approximate surface area is 111 Å². The van der Waals surface area contributed by atoms with E-state index in [2.05, 4.69) is 28.0 Å². The third-order valence-electron chi connectivity index (χ3n) is 3.83. The van der Waals surface area contributed by atoms with Crippen LogP contribution in [0.3, 0.4) is 0 Å². The molecule has 17 heavy (non-hydrogen) atoms. The highest BCUT2D eigenvalue weighted by atomic mass is 14.0. The summed E-state index contributed by atoms with van der Waals surface area (Å²) in [5.41, 5.74) is 0. The topological polar surface area (TPSA) is 0 Å². The van der Waals surface area contributed by atoms with E-state index in [4.69, 9.17) is 0 Å². The minimum atomic E-state index is 0.901. The molecule has 0 bridgehead atoms. The van der Waals surface area contributed by atoms with Gasteiger partial charge in [-0.1, -0.05) is 104 Å². The van der Waals surface area contributed by atoms with Gasteiger partial charge in [0.15, 0.2) is 0 Å². The largest absolute Gasteiger partial charge is 0.110 e. The molecule has 0 aliphatic heterocycles. The van der Waals surface area contributed by atoms with Gasteiger partial charge >= 0.3 is 0 Å². The van der Waals surface area contributed by atoms with E-state index < -0.39 is 0 Å². The van der Waals surface area contributed by atoms with Crippen molar-refractivity contribution >= 4 is 7.28 Å². The Morgan fingerprint density at radius 1 is 0.647 bits per heavy atom. The van der Waals surface area contributed by atoms with E-state index in [1.807, 2.05) is 0 Å². The molecule has 0 nitrogen and oxygen atoms in total. The van der Waals surface area contributed by atoms with Crippen molar-refractivity contribution in [3.05, 3.63) is 0 Å². The van der Waals surface area contributed by atoms with Crippen molar-refractivity contribution in [2.75, 3.05) is 0 Å². The predicted molar refractivity (Wildman–Crippen MR) is 82.1 cm³/mol. The summed E-state index contributed by atoms with van der Waals surface area (Å²) in [6, 6.07) is 0. The first-order valence-corrected chi connectivity index (χ1v) is 8.14. The number of rotatable bonds is 13. The van der Waals surface area contributed by atoms with Gasteiger partial charge in [0.25, 0.3) is 0 Å². The molecule has 0 heterocycles. The first-order valence-electron chi connectivity index (χ1n) is 8.14. The zero-order chi connectivity index (χ0) is 12.8. The maximum absolute atomic E-state index is 2.44. The second-order valence-corrected chi connectivity index (χ2v) is 5.50. The maximum atomic E-state index is 2.44. The van der Waals surface area contributed by atoms with Crippen molar-refractivity contribution in [2.45, 2.75) is 104 Å². The van der Waals surface area contributed by atoms with Gasteiger partial charge in [-0.3, -0.25) is 0 Å². The summed E-state index contributed by atoms with van der Waals surface area (Å²) in [4.78, 5) is 0. The maximum Gasteiger partial charge on any atom is 0.110 e. The summed E-state index contributed by atoms with van der Waals surface area (Å²) in [6.07, 6.45) is 17.2. The van der Waals surface area contributed by atoms with Crippen molar-refractivity contribution in [3.63, 3.8) is 0 Å². The van der Waals surface area contributed by atoms with Gasteiger partial charge in [-0.25, -0.2) is 0 Å². The lowest BCUT2D eigenvalue weighted by atomic mass is 9.63. The van der Waals surface area contributed by atoms with Crippen LogP contribution in [0.2, 0.25) is 12.6 Å². The monoisotopic (exact) mass is 237 g/mol. The Bertz CT molecular complexity index is 133. The second kappa shape index (κ2) is 14.1. The van der Waals surface area contributed by atoms with E-state index in [9.17, 15) is 0 Å². The molecular weight excluding hydrogens is 203 g/mol. The number of hydrogen-bond donors (Lipinski definition) is 0. The van der Waals surface area contributed by atoms with Crippen LogP contribution in [0.1, 0.15) is 90.9 Å². The molecule has 1 unspecified atom stereocenters. The van der Waals surface area contributed by atoms with Crippen LogP contribution >= 0.6 is 0 Å². The van der Waals surface area contributed by atoms with Crippen LogP contribution in [0.25, 0.3) is 0 Å².